The summed E-state index contributed by atoms with van der Waals surface area (Å²) in [5.41, 5.74) is 0.376. The summed E-state index contributed by atoms with van der Waals surface area (Å²) in [5.74, 6) is -1.33. The minimum Gasteiger partial charge on any atom is -0.481 e. The number of aryl methyl sites for hydroxylation is 2. The molecule has 0 aromatic carbocycles. The van der Waals surface area contributed by atoms with Gasteiger partial charge in [0.05, 0.1) is 6.20 Å². The third kappa shape index (κ3) is 2.55. The van der Waals surface area contributed by atoms with Gasteiger partial charge in [0, 0.05) is 18.5 Å². The zero-order valence-electron chi connectivity index (χ0n) is 8.03. The maximum absolute atomic E-state index is 13.4. The van der Waals surface area contributed by atoms with E-state index in [-0.39, 0.29) is 12.8 Å². The molecule has 0 unspecified atom stereocenters. The van der Waals surface area contributed by atoms with Gasteiger partial charge in [0.15, 0.2) is 0 Å². The Morgan fingerprint density at radius 1 is 1.71 bits per heavy atom. The van der Waals surface area contributed by atoms with E-state index in [1.54, 1.807) is 0 Å². The molecule has 0 atom stereocenters. The van der Waals surface area contributed by atoms with Crippen LogP contribution in [-0.4, -0.2) is 20.9 Å². The first-order valence-corrected chi connectivity index (χ1v) is 4.57. The van der Waals surface area contributed by atoms with Crippen LogP contribution in [-0.2, 0) is 17.8 Å². The zero-order valence-corrected chi connectivity index (χ0v) is 8.03. The molecule has 0 amide bonds. The molecule has 0 radical (unpaired) electrons. The van der Waals surface area contributed by atoms with Gasteiger partial charge in [-0.2, -0.15) is 9.49 Å². The maximum Gasteiger partial charge on any atom is 0.303 e. The second kappa shape index (κ2) is 4.74. The van der Waals surface area contributed by atoms with Gasteiger partial charge >= 0.3 is 5.97 Å². The molecule has 1 aromatic heterocycles. The SMILES string of the molecule is CCCn1ncc(CCC(=O)O)c1F. The number of carboxylic acid groups (broad SMARTS) is 1. The van der Waals surface area contributed by atoms with E-state index in [4.69, 9.17) is 5.11 Å². The molecule has 0 bridgehead atoms. The predicted octanol–water partition coefficient (Wildman–Crippen LogP) is 1.45. The number of hydrogen-bond acceptors (Lipinski definition) is 2. The topological polar surface area (TPSA) is 55.1 Å². The third-order valence-corrected chi connectivity index (χ3v) is 1.89. The Morgan fingerprint density at radius 2 is 2.43 bits per heavy atom. The number of carbonyl (C=O) groups is 1. The Balaban J connectivity index is 2.64. The number of rotatable bonds is 5. The van der Waals surface area contributed by atoms with Gasteiger partial charge in [0.1, 0.15) is 0 Å². The lowest BCUT2D eigenvalue weighted by Crippen LogP contribution is -2.04. The molecule has 0 saturated heterocycles. The highest BCUT2D eigenvalue weighted by molar-refractivity contribution is 5.67. The highest BCUT2D eigenvalue weighted by Gasteiger charge is 2.10. The molecular formula is C9H13FN2O2. The normalized spacial score (nSPS) is 10.4. The number of carboxylic acids is 1. The second-order valence-electron chi connectivity index (χ2n) is 3.08. The Labute approximate surface area is 81.3 Å². The maximum atomic E-state index is 13.4. The van der Waals surface area contributed by atoms with Crippen molar-refractivity contribution >= 4 is 5.97 Å². The number of nitrogens with zero attached hydrogens (tertiary/aromatic N) is 2. The van der Waals surface area contributed by atoms with Crippen LogP contribution in [0.3, 0.4) is 0 Å². The molecule has 5 heteroatoms. The molecule has 4 nitrogen and oxygen atoms in total. The quantitative estimate of drug-likeness (QED) is 0.782. The van der Waals surface area contributed by atoms with Gasteiger partial charge in [-0.1, -0.05) is 6.92 Å². The second-order valence-corrected chi connectivity index (χ2v) is 3.08. The number of hydrogen-bond donors (Lipinski definition) is 1. The summed E-state index contributed by atoms with van der Waals surface area (Å²) in [7, 11) is 0. The summed E-state index contributed by atoms with van der Waals surface area (Å²) in [6.45, 7) is 2.46. The predicted molar refractivity (Wildman–Crippen MR) is 48.4 cm³/mol. The van der Waals surface area contributed by atoms with Crippen LogP contribution in [0.15, 0.2) is 6.20 Å². The highest BCUT2D eigenvalue weighted by atomic mass is 19.1. The highest BCUT2D eigenvalue weighted by Crippen LogP contribution is 2.09. The van der Waals surface area contributed by atoms with Crippen molar-refractivity contribution in [3.63, 3.8) is 0 Å². The molecule has 1 rings (SSSR count). The van der Waals surface area contributed by atoms with Gasteiger partial charge in [-0.3, -0.25) is 4.79 Å². The Kier molecular flexibility index (Phi) is 3.62. The van der Waals surface area contributed by atoms with Crippen molar-refractivity contribution in [1.29, 1.82) is 0 Å². The number of halogens is 1. The van der Waals surface area contributed by atoms with Gasteiger partial charge in [-0.15, -0.1) is 0 Å². The van der Waals surface area contributed by atoms with E-state index in [1.807, 2.05) is 6.92 Å². The molecule has 1 N–H and O–H groups in total. The minimum absolute atomic E-state index is 0.0608. The Hall–Kier alpha value is -1.39. The summed E-state index contributed by atoms with van der Waals surface area (Å²) in [6.07, 6.45) is 2.34. The van der Waals surface area contributed by atoms with Crippen LogP contribution in [0.1, 0.15) is 25.3 Å². The smallest absolute Gasteiger partial charge is 0.303 e. The van der Waals surface area contributed by atoms with E-state index < -0.39 is 11.9 Å². The molecule has 0 aliphatic heterocycles. The average Bonchev–Trinajstić information content (AvgIpc) is 2.46. The van der Waals surface area contributed by atoms with Crippen LogP contribution >= 0.6 is 0 Å². The molecule has 0 saturated carbocycles. The van der Waals surface area contributed by atoms with Crippen LogP contribution in [0.25, 0.3) is 0 Å². The van der Waals surface area contributed by atoms with Crippen LogP contribution in [0.5, 0.6) is 0 Å². The molecule has 14 heavy (non-hydrogen) atoms. The summed E-state index contributed by atoms with van der Waals surface area (Å²) in [6, 6.07) is 0. The summed E-state index contributed by atoms with van der Waals surface area (Å²) in [5, 5.41) is 12.3. The fourth-order valence-corrected chi connectivity index (χ4v) is 1.19. The van der Waals surface area contributed by atoms with Crippen molar-refractivity contribution in [1.82, 2.24) is 9.78 Å². The minimum atomic E-state index is -0.923. The van der Waals surface area contributed by atoms with Gasteiger partial charge in [-0.05, 0) is 12.8 Å². The van der Waals surface area contributed by atoms with E-state index in [2.05, 4.69) is 5.10 Å². The van der Waals surface area contributed by atoms with E-state index in [0.717, 1.165) is 6.42 Å². The zero-order chi connectivity index (χ0) is 10.6. The Morgan fingerprint density at radius 3 is 3.00 bits per heavy atom. The van der Waals surface area contributed by atoms with Crippen molar-refractivity contribution in [2.45, 2.75) is 32.7 Å². The van der Waals surface area contributed by atoms with Crippen LogP contribution < -0.4 is 0 Å². The lowest BCUT2D eigenvalue weighted by molar-refractivity contribution is -0.136. The number of aliphatic carboxylic acids is 1. The van der Waals surface area contributed by atoms with Crippen molar-refractivity contribution in [2.75, 3.05) is 0 Å². The lowest BCUT2D eigenvalue weighted by Gasteiger charge is -1.98. The molecule has 0 aliphatic rings. The van der Waals surface area contributed by atoms with Crippen molar-refractivity contribution in [3.05, 3.63) is 17.7 Å². The first kappa shape index (κ1) is 10.7. The van der Waals surface area contributed by atoms with Crippen LogP contribution in [0.4, 0.5) is 4.39 Å². The van der Waals surface area contributed by atoms with Gasteiger partial charge in [0.25, 0.3) is 0 Å². The van der Waals surface area contributed by atoms with E-state index in [1.165, 1.54) is 10.9 Å². The third-order valence-electron chi connectivity index (χ3n) is 1.89. The molecule has 0 fully saturated rings. The van der Waals surface area contributed by atoms with Crippen molar-refractivity contribution < 1.29 is 14.3 Å². The van der Waals surface area contributed by atoms with Crippen LogP contribution in [0.2, 0.25) is 0 Å². The fourth-order valence-electron chi connectivity index (χ4n) is 1.19. The lowest BCUT2D eigenvalue weighted by atomic mass is 10.2. The monoisotopic (exact) mass is 200 g/mol. The molecule has 0 spiro atoms. The molecular weight excluding hydrogens is 187 g/mol. The van der Waals surface area contributed by atoms with Gasteiger partial charge in [0.2, 0.25) is 5.95 Å². The molecule has 1 aromatic rings. The van der Waals surface area contributed by atoms with Crippen molar-refractivity contribution in [3.8, 4) is 0 Å². The molecule has 0 aliphatic carbocycles. The van der Waals surface area contributed by atoms with Crippen molar-refractivity contribution in [2.24, 2.45) is 0 Å². The first-order valence-electron chi connectivity index (χ1n) is 4.57. The summed E-state index contributed by atoms with van der Waals surface area (Å²) < 4.78 is 14.6. The van der Waals surface area contributed by atoms with E-state index in [0.29, 0.717) is 12.1 Å². The summed E-state index contributed by atoms with van der Waals surface area (Å²) in [4.78, 5) is 10.3. The standard InChI is InChI=1S/C9H13FN2O2/c1-2-5-12-9(10)7(6-11-12)3-4-8(13)14/h6H,2-5H2,1H3,(H,13,14). The first-order chi connectivity index (χ1) is 6.65. The molecule has 1 heterocycles. The van der Waals surface area contributed by atoms with Gasteiger partial charge in [-0.25, -0.2) is 4.68 Å². The largest absolute Gasteiger partial charge is 0.481 e. The summed E-state index contributed by atoms with van der Waals surface area (Å²) >= 11 is 0. The van der Waals surface area contributed by atoms with E-state index >= 15 is 0 Å². The van der Waals surface area contributed by atoms with Gasteiger partial charge < -0.3 is 5.11 Å². The van der Waals surface area contributed by atoms with Crippen LogP contribution in [0, 0.1) is 5.95 Å². The average molecular weight is 200 g/mol. The Bertz CT molecular complexity index is 323. The fraction of sp³-hybridized carbons (Fsp3) is 0.556. The molecule has 78 valence electrons. The van der Waals surface area contributed by atoms with E-state index in [9.17, 15) is 9.18 Å². The number of aromatic nitrogens is 2.